The van der Waals surface area contributed by atoms with Gasteiger partial charge in [-0.25, -0.2) is 9.78 Å². The quantitative estimate of drug-likeness (QED) is 0.175. The summed E-state index contributed by atoms with van der Waals surface area (Å²) in [5.41, 5.74) is 1.84. The Morgan fingerprint density at radius 2 is 1.78 bits per heavy atom. The van der Waals surface area contributed by atoms with Crippen LogP contribution in [0.25, 0.3) is 27.9 Å². The number of thioether (sulfide) groups is 1. The lowest BCUT2D eigenvalue weighted by Gasteiger charge is -2.10. The van der Waals surface area contributed by atoms with Crippen molar-refractivity contribution in [2.24, 2.45) is 0 Å². The molecule has 2 aromatic heterocycles. The molecule has 0 bridgehead atoms. The van der Waals surface area contributed by atoms with Gasteiger partial charge in [0.15, 0.2) is 5.16 Å². The number of fused-ring (bicyclic) bond motifs is 1. The molecule has 0 fully saturated rings. The Morgan fingerprint density at radius 1 is 0.972 bits per heavy atom. The first-order chi connectivity index (χ1) is 17.4. The van der Waals surface area contributed by atoms with Crippen molar-refractivity contribution in [3.63, 3.8) is 0 Å². The molecule has 10 heteroatoms. The number of amides is 1. The maximum absolute atomic E-state index is 12.8. The van der Waals surface area contributed by atoms with Crippen LogP contribution in [0, 0.1) is 0 Å². The molecule has 0 aliphatic heterocycles. The number of hydrogen-bond donors (Lipinski definition) is 1. The van der Waals surface area contributed by atoms with E-state index in [2.05, 4.69) is 10.3 Å². The highest BCUT2D eigenvalue weighted by atomic mass is 35.5. The average molecular weight is 557 g/mol. The van der Waals surface area contributed by atoms with Gasteiger partial charge < -0.3 is 9.73 Å². The standard InChI is InChI=1S/C26H16Cl3N3O3S/c27-16-5-3-6-18(11-16)30-24(33)14-36-26-31-21(13-32(26)22-9-8-17(28)12-20(22)29)19-10-15-4-1-2-7-23(15)35-25(19)34/h1-13H,14H2,(H,30,33). The normalized spacial score (nSPS) is 11.1. The van der Waals surface area contributed by atoms with Gasteiger partial charge in [0.25, 0.3) is 0 Å². The molecule has 5 rings (SSSR count). The van der Waals surface area contributed by atoms with Gasteiger partial charge in [0.2, 0.25) is 5.91 Å². The molecule has 0 spiro atoms. The second kappa shape index (κ2) is 10.4. The maximum atomic E-state index is 12.8. The summed E-state index contributed by atoms with van der Waals surface area (Å²) in [6.45, 7) is 0. The summed E-state index contributed by atoms with van der Waals surface area (Å²) in [7, 11) is 0. The van der Waals surface area contributed by atoms with E-state index in [-0.39, 0.29) is 11.7 Å². The van der Waals surface area contributed by atoms with E-state index in [1.54, 1.807) is 71.4 Å². The Morgan fingerprint density at radius 3 is 2.58 bits per heavy atom. The zero-order chi connectivity index (χ0) is 25.2. The van der Waals surface area contributed by atoms with Crippen molar-refractivity contribution in [1.29, 1.82) is 0 Å². The number of rotatable bonds is 6. The third-order valence-corrected chi connectivity index (χ3v) is 6.93. The summed E-state index contributed by atoms with van der Waals surface area (Å²) in [5.74, 6) is -0.189. The van der Waals surface area contributed by atoms with Crippen molar-refractivity contribution in [3.8, 4) is 16.9 Å². The van der Waals surface area contributed by atoms with Crippen LogP contribution in [0.3, 0.4) is 0 Å². The second-order valence-corrected chi connectivity index (χ2v) is 9.93. The number of halogens is 3. The van der Waals surface area contributed by atoms with Crippen LogP contribution in [-0.4, -0.2) is 21.2 Å². The van der Waals surface area contributed by atoms with E-state index in [0.29, 0.717) is 48.4 Å². The minimum Gasteiger partial charge on any atom is -0.422 e. The zero-order valence-electron chi connectivity index (χ0n) is 18.4. The summed E-state index contributed by atoms with van der Waals surface area (Å²) in [4.78, 5) is 30.0. The minimum atomic E-state index is -0.518. The van der Waals surface area contributed by atoms with Gasteiger partial charge in [0.05, 0.1) is 27.7 Å². The molecule has 1 N–H and O–H groups in total. The monoisotopic (exact) mass is 555 g/mol. The molecular weight excluding hydrogens is 541 g/mol. The summed E-state index contributed by atoms with van der Waals surface area (Å²) in [6, 6.07) is 20.9. The number of carbonyl (C=O) groups excluding carboxylic acids is 1. The number of para-hydroxylation sites is 1. The molecule has 2 heterocycles. The molecule has 0 radical (unpaired) electrons. The number of imidazole rings is 1. The molecule has 0 aliphatic rings. The fourth-order valence-corrected chi connectivity index (χ4v) is 5.05. The van der Waals surface area contributed by atoms with Gasteiger partial charge in [-0.2, -0.15) is 0 Å². The highest BCUT2D eigenvalue weighted by Crippen LogP contribution is 2.32. The SMILES string of the molecule is O=C(CSc1nc(-c2cc3ccccc3oc2=O)cn1-c1ccc(Cl)cc1Cl)Nc1cccc(Cl)c1. The van der Waals surface area contributed by atoms with E-state index in [1.165, 1.54) is 11.8 Å². The Labute approximate surface area is 224 Å². The van der Waals surface area contributed by atoms with Gasteiger partial charge >= 0.3 is 5.63 Å². The molecule has 180 valence electrons. The summed E-state index contributed by atoms with van der Waals surface area (Å²) in [5, 5.41) is 5.43. The molecule has 3 aromatic carbocycles. The van der Waals surface area contributed by atoms with E-state index < -0.39 is 5.63 Å². The van der Waals surface area contributed by atoms with Gasteiger partial charge in [0, 0.05) is 27.3 Å². The molecule has 0 saturated carbocycles. The first-order valence-electron chi connectivity index (χ1n) is 10.6. The second-order valence-electron chi connectivity index (χ2n) is 7.71. The third-order valence-electron chi connectivity index (χ3n) is 5.20. The number of nitrogens with one attached hydrogen (secondary N) is 1. The van der Waals surface area contributed by atoms with Crippen LogP contribution >= 0.6 is 46.6 Å². The predicted octanol–water partition coefficient (Wildman–Crippen LogP) is 7.34. The fraction of sp³-hybridized carbons (Fsp3) is 0.0385. The largest absolute Gasteiger partial charge is 0.422 e. The first-order valence-corrected chi connectivity index (χ1v) is 12.8. The molecular formula is C26H16Cl3N3O3S. The van der Waals surface area contributed by atoms with E-state index in [4.69, 9.17) is 39.2 Å². The van der Waals surface area contributed by atoms with Crippen molar-refractivity contribution in [2.45, 2.75) is 5.16 Å². The Balaban J connectivity index is 1.50. The minimum absolute atomic E-state index is 0.0561. The number of benzene rings is 3. The average Bonchev–Trinajstić information content (AvgIpc) is 3.26. The summed E-state index contributed by atoms with van der Waals surface area (Å²) in [6.07, 6.45) is 1.69. The zero-order valence-corrected chi connectivity index (χ0v) is 21.5. The van der Waals surface area contributed by atoms with Crippen LogP contribution in [0.1, 0.15) is 0 Å². The summed E-state index contributed by atoms with van der Waals surface area (Å²) < 4.78 is 7.21. The number of hydrogen-bond acceptors (Lipinski definition) is 5. The van der Waals surface area contributed by atoms with Crippen LogP contribution in [-0.2, 0) is 4.79 Å². The fourth-order valence-electron chi connectivity index (χ4n) is 3.58. The van der Waals surface area contributed by atoms with Crippen molar-refractivity contribution < 1.29 is 9.21 Å². The van der Waals surface area contributed by atoms with Crippen LogP contribution in [0.2, 0.25) is 15.1 Å². The third kappa shape index (κ3) is 5.29. The smallest absolute Gasteiger partial charge is 0.345 e. The molecule has 0 unspecified atom stereocenters. The van der Waals surface area contributed by atoms with Gasteiger partial charge in [-0.15, -0.1) is 0 Å². The molecule has 36 heavy (non-hydrogen) atoms. The van der Waals surface area contributed by atoms with Crippen LogP contribution in [0.15, 0.2) is 93.4 Å². The lowest BCUT2D eigenvalue weighted by atomic mass is 10.1. The van der Waals surface area contributed by atoms with Gasteiger partial charge in [-0.1, -0.05) is 70.8 Å². The molecule has 1 amide bonds. The van der Waals surface area contributed by atoms with E-state index in [0.717, 1.165) is 5.39 Å². The van der Waals surface area contributed by atoms with Crippen LogP contribution < -0.4 is 10.9 Å². The topological polar surface area (TPSA) is 77.1 Å². The van der Waals surface area contributed by atoms with Gasteiger partial charge in [-0.05, 0) is 48.5 Å². The molecule has 0 aliphatic carbocycles. The van der Waals surface area contributed by atoms with Crippen LogP contribution in [0.5, 0.6) is 0 Å². The molecule has 5 aromatic rings. The highest BCUT2D eigenvalue weighted by Gasteiger charge is 2.18. The number of aromatic nitrogens is 2. The Hall–Kier alpha value is -3.23. The lowest BCUT2D eigenvalue weighted by molar-refractivity contribution is -0.113. The number of carbonyl (C=O) groups is 1. The van der Waals surface area contributed by atoms with Crippen molar-refractivity contribution >= 4 is 69.1 Å². The number of anilines is 1. The predicted molar refractivity (Wildman–Crippen MR) is 146 cm³/mol. The van der Waals surface area contributed by atoms with E-state index in [1.807, 2.05) is 12.1 Å². The lowest BCUT2D eigenvalue weighted by Crippen LogP contribution is -2.14. The molecule has 0 saturated heterocycles. The van der Waals surface area contributed by atoms with Crippen molar-refractivity contribution in [3.05, 3.63) is 104 Å². The molecule has 0 atom stereocenters. The van der Waals surface area contributed by atoms with Gasteiger partial charge in [-0.3, -0.25) is 9.36 Å². The Kier molecular flexibility index (Phi) is 7.07. The summed E-state index contributed by atoms with van der Waals surface area (Å²) >= 11 is 19.7. The van der Waals surface area contributed by atoms with E-state index in [9.17, 15) is 9.59 Å². The maximum Gasteiger partial charge on any atom is 0.345 e. The van der Waals surface area contributed by atoms with Crippen molar-refractivity contribution in [2.75, 3.05) is 11.1 Å². The highest BCUT2D eigenvalue weighted by molar-refractivity contribution is 7.99. The first kappa shape index (κ1) is 24.5. The Bertz CT molecular complexity index is 1670. The van der Waals surface area contributed by atoms with Crippen LogP contribution in [0.4, 0.5) is 5.69 Å². The van der Waals surface area contributed by atoms with Crippen molar-refractivity contribution in [1.82, 2.24) is 9.55 Å². The van der Waals surface area contributed by atoms with E-state index >= 15 is 0 Å². The molecule has 6 nitrogen and oxygen atoms in total. The van der Waals surface area contributed by atoms with Gasteiger partial charge in [0.1, 0.15) is 5.58 Å². The number of nitrogens with zero attached hydrogens (tertiary/aromatic N) is 2.